The maximum atomic E-state index is 12.1. The number of rotatable bonds is 3. The Morgan fingerprint density at radius 1 is 1.56 bits per heavy atom. The molecule has 2 aliphatic rings. The molecule has 0 saturated heterocycles. The van der Waals surface area contributed by atoms with Gasteiger partial charge in [0.2, 0.25) is 0 Å². The Labute approximate surface area is 106 Å². The van der Waals surface area contributed by atoms with Gasteiger partial charge in [-0.05, 0) is 38.0 Å². The number of aromatic nitrogens is 1. The topological polar surface area (TPSA) is 75.4 Å². The van der Waals surface area contributed by atoms with Crippen molar-refractivity contribution in [2.75, 3.05) is 6.61 Å². The summed E-state index contributed by atoms with van der Waals surface area (Å²) in [5, 5.41) is 12.5. The Morgan fingerprint density at radius 3 is 3.00 bits per heavy atom. The van der Waals surface area contributed by atoms with Gasteiger partial charge in [0.15, 0.2) is 12.1 Å². The first-order valence-electron chi connectivity index (χ1n) is 6.52. The minimum atomic E-state index is -0.183. The van der Waals surface area contributed by atoms with Gasteiger partial charge in [-0.3, -0.25) is 4.79 Å². The van der Waals surface area contributed by atoms with Crippen molar-refractivity contribution in [1.82, 2.24) is 10.3 Å². The average molecular weight is 250 g/mol. The average Bonchev–Trinajstić information content (AvgIpc) is 3.03. The van der Waals surface area contributed by atoms with Crippen molar-refractivity contribution in [2.45, 2.75) is 32.2 Å². The molecule has 2 fully saturated rings. The predicted octanol–water partition coefficient (Wildman–Crippen LogP) is 1.12. The number of nitrogens with one attached hydrogen (secondary N) is 1. The summed E-state index contributed by atoms with van der Waals surface area (Å²) >= 11 is 0. The van der Waals surface area contributed by atoms with E-state index < -0.39 is 0 Å². The van der Waals surface area contributed by atoms with Gasteiger partial charge in [0, 0.05) is 18.6 Å². The highest BCUT2D eigenvalue weighted by Crippen LogP contribution is 2.48. The summed E-state index contributed by atoms with van der Waals surface area (Å²) < 4.78 is 5.04. The number of carbonyl (C=O) groups is 1. The van der Waals surface area contributed by atoms with E-state index in [9.17, 15) is 9.90 Å². The number of nitrogens with zero attached hydrogens (tertiary/aromatic N) is 1. The fourth-order valence-electron chi connectivity index (χ4n) is 3.64. The lowest BCUT2D eigenvalue weighted by atomic mass is 9.85. The number of aryl methyl sites for hydroxylation is 1. The first kappa shape index (κ1) is 11.7. The number of aliphatic hydroxyl groups excluding tert-OH is 1. The summed E-state index contributed by atoms with van der Waals surface area (Å²) in [4.78, 5) is 16.0. The first-order chi connectivity index (χ1) is 8.70. The second-order valence-corrected chi connectivity index (χ2v) is 5.44. The molecule has 18 heavy (non-hydrogen) atoms. The molecule has 2 bridgehead atoms. The van der Waals surface area contributed by atoms with Crippen LogP contribution in [0.4, 0.5) is 0 Å². The molecule has 2 N–H and O–H groups in total. The van der Waals surface area contributed by atoms with Gasteiger partial charge < -0.3 is 14.8 Å². The van der Waals surface area contributed by atoms with Crippen LogP contribution < -0.4 is 5.32 Å². The quantitative estimate of drug-likeness (QED) is 0.843. The summed E-state index contributed by atoms with van der Waals surface area (Å²) in [5.41, 5.74) is 0.356. The van der Waals surface area contributed by atoms with Crippen LogP contribution in [-0.2, 0) is 0 Å². The molecular formula is C13H18N2O3. The van der Waals surface area contributed by atoms with Crippen LogP contribution in [-0.4, -0.2) is 28.6 Å². The molecular weight excluding hydrogens is 232 g/mol. The summed E-state index contributed by atoms with van der Waals surface area (Å²) in [7, 11) is 0. The Balaban J connectivity index is 1.73. The Morgan fingerprint density at radius 2 is 2.33 bits per heavy atom. The zero-order valence-corrected chi connectivity index (χ0v) is 10.4. The lowest BCUT2D eigenvalue weighted by molar-refractivity contribution is 0.0856. The van der Waals surface area contributed by atoms with Crippen LogP contribution >= 0.6 is 0 Å². The van der Waals surface area contributed by atoms with Crippen LogP contribution in [0.1, 0.15) is 35.5 Å². The van der Waals surface area contributed by atoms with E-state index in [-0.39, 0.29) is 24.5 Å². The molecule has 1 aromatic rings. The number of aliphatic hydroxyl groups is 1. The van der Waals surface area contributed by atoms with Crippen molar-refractivity contribution >= 4 is 5.91 Å². The van der Waals surface area contributed by atoms with Crippen LogP contribution in [0.3, 0.4) is 0 Å². The van der Waals surface area contributed by atoms with Crippen molar-refractivity contribution in [3.05, 3.63) is 17.8 Å². The fraction of sp³-hybridized carbons (Fsp3) is 0.692. The number of amides is 1. The maximum Gasteiger partial charge on any atom is 0.273 e. The van der Waals surface area contributed by atoms with Crippen LogP contribution in [0.2, 0.25) is 0 Å². The van der Waals surface area contributed by atoms with E-state index >= 15 is 0 Å². The number of fused-ring (bicyclic) bond motifs is 2. The summed E-state index contributed by atoms with van der Waals surface area (Å²) in [6, 6.07) is 0.0948. The lowest BCUT2D eigenvalue weighted by Crippen LogP contribution is -2.45. The SMILES string of the molecule is Cc1ocnc1C(=O)NC1C2CCC(C2)C1CO. The second kappa shape index (κ2) is 4.39. The molecule has 98 valence electrons. The van der Waals surface area contributed by atoms with Gasteiger partial charge in [0.05, 0.1) is 0 Å². The van der Waals surface area contributed by atoms with Gasteiger partial charge in [0.1, 0.15) is 5.76 Å². The predicted molar refractivity (Wildman–Crippen MR) is 63.9 cm³/mol. The van der Waals surface area contributed by atoms with E-state index in [1.807, 2.05) is 0 Å². The Kier molecular flexibility index (Phi) is 2.86. The third kappa shape index (κ3) is 1.73. The van der Waals surface area contributed by atoms with E-state index in [1.165, 1.54) is 12.8 Å². The molecule has 1 amide bonds. The van der Waals surface area contributed by atoms with Crippen LogP contribution in [0.15, 0.2) is 10.8 Å². The molecule has 5 nitrogen and oxygen atoms in total. The van der Waals surface area contributed by atoms with Crippen molar-refractivity contribution in [2.24, 2.45) is 17.8 Å². The van der Waals surface area contributed by atoms with E-state index in [0.717, 1.165) is 12.8 Å². The number of hydrogen-bond acceptors (Lipinski definition) is 4. The monoisotopic (exact) mass is 250 g/mol. The van der Waals surface area contributed by atoms with Crippen LogP contribution in [0.25, 0.3) is 0 Å². The molecule has 0 aromatic carbocycles. The summed E-state index contributed by atoms with van der Waals surface area (Å²) in [6.07, 6.45) is 4.76. The number of oxazole rings is 1. The van der Waals surface area contributed by atoms with Gasteiger partial charge >= 0.3 is 0 Å². The highest BCUT2D eigenvalue weighted by atomic mass is 16.3. The highest BCUT2D eigenvalue weighted by molar-refractivity contribution is 5.93. The molecule has 3 rings (SSSR count). The normalized spacial score (nSPS) is 33.9. The Bertz CT molecular complexity index is 457. The molecule has 2 saturated carbocycles. The zero-order valence-electron chi connectivity index (χ0n) is 10.4. The molecule has 1 heterocycles. The minimum Gasteiger partial charge on any atom is -0.448 e. The van der Waals surface area contributed by atoms with Gasteiger partial charge in [0.25, 0.3) is 5.91 Å². The van der Waals surface area contributed by atoms with Gasteiger partial charge in [-0.25, -0.2) is 4.98 Å². The van der Waals surface area contributed by atoms with Crippen molar-refractivity contribution in [3.8, 4) is 0 Å². The van der Waals surface area contributed by atoms with Crippen molar-refractivity contribution in [1.29, 1.82) is 0 Å². The number of carbonyl (C=O) groups excluding carboxylic acids is 1. The van der Waals surface area contributed by atoms with Gasteiger partial charge in [-0.2, -0.15) is 0 Å². The molecule has 0 spiro atoms. The van der Waals surface area contributed by atoms with Crippen LogP contribution in [0.5, 0.6) is 0 Å². The second-order valence-electron chi connectivity index (χ2n) is 5.44. The summed E-state index contributed by atoms with van der Waals surface area (Å²) in [6.45, 7) is 1.89. The van der Waals surface area contributed by atoms with E-state index in [1.54, 1.807) is 6.92 Å². The molecule has 0 aliphatic heterocycles. The van der Waals surface area contributed by atoms with Crippen molar-refractivity contribution < 1.29 is 14.3 Å². The zero-order chi connectivity index (χ0) is 12.7. The van der Waals surface area contributed by atoms with Gasteiger partial charge in [-0.15, -0.1) is 0 Å². The molecule has 1 aromatic heterocycles. The maximum absolute atomic E-state index is 12.1. The molecule has 4 unspecified atom stereocenters. The van der Waals surface area contributed by atoms with Gasteiger partial charge in [-0.1, -0.05) is 0 Å². The third-order valence-corrected chi connectivity index (χ3v) is 4.56. The Hall–Kier alpha value is -1.36. The van der Waals surface area contributed by atoms with E-state index in [0.29, 0.717) is 23.3 Å². The molecule has 4 atom stereocenters. The molecule has 2 aliphatic carbocycles. The molecule has 0 radical (unpaired) electrons. The smallest absolute Gasteiger partial charge is 0.273 e. The fourth-order valence-corrected chi connectivity index (χ4v) is 3.64. The molecule has 5 heteroatoms. The third-order valence-electron chi connectivity index (χ3n) is 4.56. The largest absolute Gasteiger partial charge is 0.448 e. The summed E-state index contributed by atoms with van der Waals surface area (Å²) in [5.74, 6) is 1.65. The van der Waals surface area contributed by atoms with Crippen molar-refractivity contribution in [3.63, 3.8) is 0 Å². The number of hydrogen-bond donors (Lipinski definition) is 2. The first-order valence-corrected chi connectivity index (χ1v) is 6.52. The van der Waals surface area contributed by atoms with E-state index in [2.05, 4.69) is 10.3 Å². The minimum absolute atomic E-state index is 0.0948. The van der Waals surface area contributed by atoms with Crippen LogP contribution in [0, 0.1) is 24.7 Å². The van der Waals surface area contributed by atoms with E-state index in [4.69, 9.17) is 4.42 Å². The lowest BCUT2D eigenvalue weighted by Gasteiger charge is -2.30. The standard InChI is InChI=1S/C13H18N2O3/c1-7-11(14-6-18-7)13(17)15-12-9-3-2-8(4-9)10(12)5-16/h6,8-10,12,16H,2-5H2,1H3,(H,15,17). The highest BCUT2D eigenvalue weighted by Gasteiger charge is 2.47.